The molecule has 1 rings (SSSR count). The third kappa shape index (κ3) is 3.58. The van der Waals surface area contributed by atoms with Crippen molar-refractivity contribution in [2.45, 2.75) is 18.5 Å². The van der Waals surface area contributed by atoms with Gasteiger partial charge >= 0.3 is 15.6 Å². The van der Waals surface area contributed by atoms with Gasteiger partial charge in [0.05, 0.1) is 11.0 Å². The van der Waals surface area contributed by atoms with Gasteiger partial charge in [0.2, 0.25) is 0 Å². The van der Waals surface area contributed by atoms with Crippen molar-refractivity contribution in [3.8, 4) is 0 Å². The first-order valence-corrected chi connectivity index (χ1v) is 6.67. The summed E-state index contributed by atoms with van der Waals surface area (Å²) >= 11 is 5.52. The standard InChI is InChI=1S/C9H7ClF3NO5S/c1-5(19-20(17,18)9(11,12)13)6-2-3-7(10)8(4-6)14(15)16/h2-5H,1H3. The monoisotopic (exact) mass is 333 g/mol. The number of hydrogen-bond donors (Lipinski definition) is 0. The zero-order valence-electron chi connectivity index (χ0n) is 9.72. The zero-order valence-corrected chi connectivity index (χ0v) is 11.3. The van der Waals surface area contributed by atoms with Gasteiger partial charge in [-0.2, -0.15) is 21.6 Å². The molecule has 112 valence electrons. The van der Waals surface area contributed by atoms with Crippen LogP contribution in [0.5, 0.6) is 0 Å². The molecule has 1 aromatic rings. The van der Waals surface area contributed by atoms with Crippen LogP contribution in [0.3, 0.4) is 0 Å². The van der Waals surface area contributed by atoms with E-state index < -0.39 is 32.3 Å². The Kier molecular flexibility index (Phi) is 4.62. The maximum atomic E-state index is 12.1. The van der Waals surface area contributed by atoms with Gasteiger partial charge in [-0.25, -0.2) is 0 Å². The number of hydrogen-bond acceptors (Lipinski definition) is 5. The molecule has 0 fully saturated rings. The molecular weight excluding hydrogens is 327 g/mol. The molecule has 1 unspecified atom stereocenters. The second-order valence-corrected chi connectivity index (χ2v) is 5.58. The third-order valence-electron chi connectivity index (χ3n) is 2.19. The highest BCUT2D eigenvalue weighted by Gasteiger charge is 2.48. The first-order valence-electron chi connectivity index (χ1n) is 4.89. The van der Waals surface area contributed by atoms with Gasteiger partial charge in [-0.3, -0.25) is 14.3 Å². The van der Waals surface area contributed by atoms with E-state index in [0.29, 0.717) is 0 Å². The van der Waals surface area contributed by atoms with Crippen LogP contribution in [0.1, 0.15) is 18.6 Å². The number of rotatable bonds is 4. The Morgan fingerprint density at radius 3 is 2.40 bits per heavy atom. The van der Waals surface area contributed by atoms with E-state index in [-0.39, 0.29) is 10.6 Å². The fourth-order valence-electron chi connectivity index (χ4n) is 1.22. The molecule has 0 saturated heterocycles. The van der Waals surface area contributed by atoms with Crippen molar-refractivity contribution in [2.75, 3.05) is 0 Å². The quantitative estimate of drug-likeness (QED) is 0.365. The molecular formula is C9H7ClF3NO5S. The SMILES string of the molecule is CC(OS(=O)(=O)C(F)(F)F)c1ccc(Cl)c([N+](=O)[O-])c1. The molecule has 0 aromatic heterocycles. The lowest BCUT2D eigenvalue weighted by atomic mass is 10.1. The number of benzene rings is 1. The van der Waals surface area contributed by atoms with Gasteiger partial charge in [-0.05, 0) is 18.6 Å². The Morgan fingerprint density at radius 2 is 1.95 bits per heavy atom. The van der Waals surface area contributed by atoms with Crippen LogP contribution in [0, 0.1) is 10.1 Å². The molecule has 0 aliphatic rings. The van der Waals surface area contributed by atoms with E-state index in [1.807, 2.05) is 0 Å². The highest BCUT2D eigenvalue weighted by atomic mass is 35.5. The molecule has 0 radical (unpaired) electrons. The average molecular weight is 334 g/mol. The molecule has 11 heteroatoms. The zero-order chi connectivity index (χ0) is 15.7. The molecule has 0 saturated carbocycles. The second kappa shape index (κ2) is 5.54. The van der Waals surface area contributed by atoms with Crippen LogP contribution in [0.25, 0.3) is 0 Å². The largest absolute Gasteiger partial charge is 0.523 e. The Balaban J connectivity index is 3.09. The summed E-state index contributed by atoms with van der Waals surface area (Å²) in [7, 11) is -5.79. The normalized spacial score (nSPS) is 14.1. The van der Waals surface area contributed by atoms with Crippen molar-refractivity contribution in [3.05, 3.63) is 38.9 Å². The maximum Gasteiger partial charge on any atom is 0.523 e. The Morgan fingerprint density at radius 1 is 1.40 bits per heavy atom. The van der Waals surface area contributed by atoms with E-state index in [4.69, 9.17) is 11.6 Å². The van der Waals surface area contributed by atoms with E-state index in [0.717, 1.165) is 25.1 Å². The Hall–Kier alpha value is -1.39. The molecule has 0 bridgehead atoms. The molecule has 1 aromatic carbocycles. The van der Waals surface area contributed by atoms with Gasteiger partial charge in [0.15, 0.2) is 0 Å². The van der Waals surface area contributed by atoms with Crippen LogP contribution in [0.4, 0.5) is 18.9 Å². The van der Waals surface area contributed by atoms with Gasteiger partial charge in [0.1, 0.15) is 5.02 Å². The summed E-state index contributed by atoms with van der Waals surface area (Å²) in [5.41, 5.74) is -6.27. The van der Waals surface area contributed by atoms with E-state index in [2.05, 4.69) is 4.18 Å². The van der Waals surface area contributed by atoms with Crippen LogP contribution in [-0.2, 0) is 14.3 Å². The Labute approximate surface area is 116 Å². The van der Waals surface area contributed by atoms with Gasteiger partial charge in [-0.1, -0.05) is 17.7 Å². The summed E-state index contributed by atoms with van der Waals surface area (Å²) in [4.78, 5) is 9.77. The molecule has 0 aliphatic heterocycles. The highest BCUT2D eigenvalue weighted by Crippen LogP contribution is 2.33. The van der Waals surface area contributed by atoms with Crippen molar-refractivity contribution in [3.63, 3.8) is 0 Å². The van der Waals surface area contributed by atoms with Crippen LogP contribution in [0.15, 0.2) is 18.2 Å². The van der Waals surface area contributed by atoms with Crippen molar-refractivity contribution >= 4 is 27.4 Å². The van der Waals surface area contributed by atoms with Crippen LogP contribution < -0.4 is 0 Å². The van der Waals surface area contributed by atoms with Crippen molar-refractivity contribution in [1.82, 2.24) is 0 Å². The summed E-state index contributed by atoms with van der Waals surface area (Å²) in [6.45, 7) is 1.01. The minimum Gasteiger partial charge on any atom is -0.258 e. The number of nitro groups is 1. The first kappa shape index (κ1) is 16.7. The molecule has 20 heavy (non-hydrogen) atoms. The van der Waals surface area contributed by atoms with Gasteiger partial charge in [0.25, 0.3) is 5.69 Å². The molecule has 0 heterocycles. The van der Waals surface area contributed by atoms with E-state index in [1.165, 1.54) is 0 Å². The van der Waals surface area contributed by atoms with Gasteiger partial charge in [-0.15, -0.1) is 0 Å². The molecule has 1 atom stereocenters. The Bertz CT molecular complexity index is 631. The topological polar surface area (TPSA) is 86.5 Å². The molecule has 0 spiro atoms. The van der Waals surface area contributed by atoms with Crippen molar-refractivity contribution < 1.29 is 30.7 Å². The lowest BCUT2D eigenvalue weighted by Gasteiger charge is -2.14. The van der Waals surface area contributed by atoms with Gasteiger partial charge in [0, 0.05) is 6.07 Å². The van der Waals surface area contributed by atoms with Crippen LogP contribution >= 0.6 is 11.6 Å². The molecule has 0 aliphatic carbocycles. The summed E-state index contributed by atoms with van der Waals surface area (Å²) < 4.78 is 62.0. The van der Waals surface area contributed by atoms with Crippen molar-refractivity contribution in [2.24, 2.45) is 0 Å². The molecule has 0 N–H and O–H groups in total. The number of nitro benzene ring substituents is 1. The summed E-state index contributed by atoms with van der Waals surface area (Å²) in [6.07, 6.45) is -1.56. The predicted octanol–water partition coefficient (Wildman–Crippen LogP) is 3.18. The van der Waals surface area contributed by atoms with Gasteiger partial charge < -0.3 is 0 Å². The summed E-state index contributed by atoms with van der Waals surface area (Å²) in [5, 5.41) is 10.4. The predicted molar refractivity (Wildman–Crippen MR) is 62.6 cm³/mol. The lowest BCUT2D eigenvalue weighted by molar-refractivity contribution is -0.384. The number of halogens is 4. The van der Waals surface area contributed by atoms with E-state index in [9.17, 15) is 31.7 Å². The highest BCUT2D eigenvalue weighted by molar-refractivity contribution is 7.87. The van der Waals surface area contributed by atoms with Crippen molar-refractivity contribution in [1.29, 1.82) is 0 Å². The molecule has 0 amide bonds. The number of alkyl halides is 3. The second-order valence-electron chi connectivity index (χ2n) is 3.61. The van der Waals surface area contributed by atoms with E-state index in [1.54, 1.807) is 0 Å². The van der Waals surface area contributed by atoms with Crippen LogP contribution in [0.2, 0.25) is 5.02 Å². The minimum atomic E-state index is -5.79. The average Bonchev–Trinajstić information content (AvgIpc) is 2.26. The van der Waals surface area contributed by atoms with E-state index >= 15 is 0 Å². The first-order chi connectivity index (χ1) is 8.95. The number of nitrogens with zero attached hydrogens (tertiary/aromatic N) is 1. The smallest absolute Gasteiger partial charge is 0.258 e. The molecule has 6 nitrogen and oxygen atoms in total. The summed E-state index contributed by atoms with van der Waals surface area (Å²) in [5.74, 6) is 0. The maximum absolute atomic E-state index is 12.1. The fourth-order valence-corrected chi connectivity index (χ4v) is 2.01. The lowest BCUT2D eigenvalue weighted by Crippen LogP contribution is -2.26. The third-order valence-corrected chi connectivity index (χ3v) is 3.62. The fraction of sp³-hybridized carbons (Fsp3) is 0.333. The minimum absolute atomic E-state index is 0.131. The summed E-state index contributed by atoms with van der Waals surface area (Å²) in [6, 6.07) is 3.04. The van der Waals surface area contributed by atoms with Crippen LogP contribution in [-0.4, -0.2) is 18.8 Å².